The third-order valence-electron chi connectivity index (χ3n) is 8.78. The molecular weight excluding hydrogens is 478 g/mol. The molecule has 0 aromatic rings. The highest BCUT2D eigenvalue weighted by Crippen LogP contribution is 2.53. The van der Waals surface area contributed by atoms with Gasteiger partial charge in [0.1, 0.15) is 0 Å². The highest BCUT2D eigenvalue weighted by atomic mass is 16.5. The summed E-state index contributed by atoms with van der Waals surface area (Å²) in [4.78, 5) is 24.3. The van der Waals surface area contributed by atoms with Gasteiger partial charge in [0.05, 0.1) is 46.0 Å². The van der Waals surface area contributed by atoms with E-state index in [1.165, 1.54) is 102 Å². The van der Waals surface area contributed by atoms with Crippen molar-refractivity contribution in [2.24, 2.45) is 17.8 Å². The topological polar surface area (TPSA) is 75.7 Å². The molecule has 0 unspecified atom stereocenters. The molecule has 0 N–H and O–H groups in total. The zero-order valence-electron chi connectivity index (χ0n) is 24.9. The van der Waals surface area contributed by atoms with Gasteiger partial charge < -0.3 is 19.1 Å². The van der Waals surface area contributed by atoms with Crippen LogP contribution in [0.2, 0.25) is 0 Å². The van der Waals surface area contributed by atoms with Gasteiger partial charge in [-0.1, -0.05) is 83.3 Å². The first kappa shape index (κ1) is 32.3. The van der Waals surface area contributed by atoms with Crippen LogP contribution < -0.4 is 5.11 Å². The Balaban J connectivity index is 0.000000275. The van der Waals surface area contributed by atoms with Crippen molar-refractivity contribution in [1.29, 1.82) is 0 Å². The van der Waals surface area contributed by atoms with Gasteiger partial charge in [-0.2, -0.15) is 0 Å². The van der Waals surface area contributed by atoms with Gasteiger partial charge in [0, 0.05) is 11.5 Å². The number of carbonyl (C=O) groups is 2. The van der Waals surface area contributed by atoms with E-state index in [0.29, 0.717) is 6.42 Å². The highest BCUT2D eigenvalue weighted by Gasteiger charge is 2.52. The smallest absolute Gasteiger partial charge is 0.334 e. The number of nitrogens with zero attached hydrogens (tertiary/aromatic N) is 1. The van der Waals surface area contributed by atoms with Crippen LogP contribution in [-0.2, 0) is 19.1 Å². The molecule has 0 radical (unpaired) electrons. The lowest BCUT2D eigenvalue weighted by Crippen LogP contribution is -2.62. The van der Waals surface area contributed by atoms with Gasteiger partial charge in [-0.3, -0.25) is 0 Å². The lowest BCUT2D eigenvalue weighted by Gasteiger charge is -2.58. The maximum atomic E-state index is 13.4. The zero-order valence-corrected chi connectivity index (χ0v) is 24.9. The molecule has 4 rings (SSSR count). The van der Waals surface area contributed by atoms with E-state index in [9.17, 15) is 14.7 Å². The van der Waals surface area contributed by atoms with Gasteiger partial charge in [0.25, 0.3) is 0 Å². The quantitative estimate of drug-likeness (QED) is 0.168. The van der Waals surface area contributed by atoms with Crippen LogP contribution >= 0.6 is 0 Å². The predicted octanol–water partition coefficient (Wildman–Crippen LogP) is 5.51. The molecule has 0 aliphatic heterocycles. The summed E-state index contributed by atoms with van der Waals surface area (Å²) in [7, 11) is 2.48. The molecule has 0 fully saturated rings. The monoisotopic (exact) mass is 531 g/mol. The Labute approximate surface area is 231 Å². The van der Waals surface area contributed by atoms with E-state index in [-0.39, 0.29) is 28.9 Å². The lowest BCUT2D eigenvalue weighted by atomic mass is 9.54. The number of rotatable bonds is 14. The number of methoxy groups -OCH3 is 2. The van der Waals surface area contributed by atoms with Gasteiger partial charge in [-0.25, -0.2) is 9.59 Å². The van der Waals surface area contributed by atoms with Crippen LogP contribution in [-0.4, -0.2) is 62.4 Å². The van der Waals surface area contributed by atoms with Crippen LogP contribution in [0.15, 0.2) is 35.5 Å². The summed E-state index contributed by atoms with van der Waals surface area (Å²) in [6, 6.07) is 0. The van der Waals surface area contributed by atoms with E-state index in [0.717, 1.165) is 6.42 Å². The summed E-state index contributed by atoms with van der Waals surface area (Å²) >= 11 is 0. The molecule has 4 aliphatic carbocycles. The van der Waals surface area contributed by atoms with Crippen molar-refractivity contribution in [2.45, 2.75) is 97.5 Å². The SMILES string of the molecule is CCCC[N+](CCCC)(CCCC)CCCC.COC(=O)C1=C(C(=O)OC)[C@]2([O-])C=C[C@H]1[C@H]1CC=CC[C@H]12. The lowest BCUT2D eigenvalue weighted by molar-refractivity contribution is -0.929. The molecule has 2 bridgehead atoms. The highest BCUT2D eigenvalue weighted by molar-refractivity contribution is 6.04. The molecule has 4 atom stereocenters. The van der Waals surface area contributed by atoms with Crippen molar-refractivity contribution in [3.05, 3.63) is 35.5 Å². The normalized spacial score (nSPS) is 25.5. The summed E-state index contributed by atoms with van der Waals surface area (Å²) in [6.07, 6.45) is 19.7. The predicted molar refractivity (Wildman–Crippen MR) is 151 cm³/mol. The second-order valence-electron chi connectivity index (χ2n) is 11.3. The summed E-state index contributed by atoms with van der Waals surface area (Å²) < 4.78 is 11.0. The van der Waals surface area contributed by atoms with Gasteiger partial charge in [-0.15, -0.1) is 0 Å². The van der Waals surface area contributed by atoms with Crippen LogP contribution in [0.3, 0.4) is 0 Å². The molecule has 38 heavy (non-hydrogen) atoms. The number of quaternary nitrogens is 1. The minimum atomic E-state index is -1.71. The number of hydrogen-bond donors (Lipinski definition) is 0. The van der Waals surface area contributed by atoms with Crippen molar-refractivity contribution in [2.75, 3.05) is 40.4 Å². The molecule has 0 saturated carbocycles. The number of unbranched alkanes of at least 4 members (excludes halogenated alkanes) is 4. The first-order chi connectivity index (χ1) is 18.3. The molecule has 216 valence electrons. The fraction of sp³-hybridized carbons (Fsp3) is 0.750. The Morgan fingerprint density at radius 1 is 0.842 bits per heavy atom. The van der Waals surface area contributed by atoms with Crippen molar-refractivity contribution >= 4 is 11.9 Å². The van der Waals surface area contributed by atoms with Crippen LogP contribution in [0, 0.1) is 17.8 Å². The third kappa shape index (κ3) is 7.38. The van der Waals surface area contributed by atoms with Gasteiger partial charge in [0.2, 0.25) is 0 Å². The van der Waals surface area contributed by atoms with E-state index in [1.807, 2.05) is 12.2 Å². The maximum Gasteiger partial charge on any atom is 0.334 e. The molecule has 6 nitrogen and oxygen atoms in total. The molecule has 0 amide bonds. The van der Waals surface area contributed by atoms with E-state index >= 15 is 0 Å². The summed E-state index contributed by atoms with van der Waals surface area (Å²) in [5, 5.41) is 13.4. The Morgan fingerprint density at radius 3 is 1.76 bits per heavy atom. The second kappa shape index (κ2) is 15.6. The fourth-order valence-electron chi connectivity index (χ4n) is 6.56. The minimum absolute atomic E-state index is 0.0417. The molecule has 6 heteroatoms. The number of carbonyl (C=O) groups excluding carboxylic acids is 2. The van der Waals surface area contributed by atoms with Crippen molar-refractivity contribution in [3.8, 4) is 0 Å². The van der Waals surface area contributed by atoms with Gasteiger partial charge in [0.15, 0.2) is 0 Å². The number of esters is 2. The van der Waals surface area contributed by atoms with Crippen molar-refractivity contribution in [1.82, 2.24) is 0 Å². The number of ether oxygens (including phenoxy) is 2. The average Bonchev–Trinajstić information content (AvgIpc) is 2.95. The van der Waals surface area contributed by atoms with Crippen LogP contribution in [0.5, 0.6) is 0 Å². The average molecular weight is 532 g/mol. The van der Waals surface area contributed by atoms with E-state index in [4.69, 9.17) is 9.47 Å². The summed E-state index contributed by atoms with van der Waals surface area (Å²) in [5.74, 6) is -1.77. The molecule has 0 aromatic heterocycles. The first-order valence-electron chi connectivity index (χ1n) is 15.1. The maximum absolute atomic E-state index is 13.4. The molecule has 0 spiro atoms. The molecule has 0 aromatic carbocycles. The molecule has 0 heterocycles. The standard InChI is InChI=1S/C16H36N.C16H17O5/c1-5-9-13-17(14-10-6-2,15-11-7-3)16-12-8-4;1-20-14(17)12-10-7-8-16(19,13(12)15(18)21-2)11-6-4-3-5-9(10)11/h5-16H2,1-4H3;3-4,7-11H,5-6H2,1-2H3/q+1;-1/t;9-,10+,11-,16+/m.1/s1. The Bertz CT molecular complexity index is 822. The Kier molecular flexibility index (Phi) is 13.3. The minimum Gasteiger partial charge on any atom is -0.843 e. The zero-order chi connectivity index (χ0) is 28.2. The molecule has 4 aliphatic rings. The number of allylic oxidation sites excluding steroid dienone is 3. The van der Waals surface area contributed by atoms with Crippen LogP contribution in [0.25, 0.3) is 0 Å². The fourth-order valence-corrected chi connectivity index (χ4v) is 6.56. The van der Waals surface area contributed by atoms with Crippen LogP contribution in [0.1, 0.15) is 91.9 Å². The van der Waals surface area contributed by atoms with Crippen LogP contribution in [0.4, 0.5) is 0 Å². The van der Waals surface area contributed by atoms with Gasteiger partial charge >= 0.3 is 11.9 Å². The third-order valence-corrected chi connectivity index (χ3v) is 8.78. The molecule has 0 saturated heterocycles. The van der Waals surface area contributed by atoms with E-state index in [2.05, 4.69) is 27.7 Å². The Morgan fingerprint density at radius 2 is 1.32 bits per heavy atom. The first-order valence-corrected chi connectivity index (χ1v) is 15.1. The Hall–Kier alpha value is -1.92. The van der Waals surface area contributed by atoms with Gasteiger partial charge in [-0.05, 0) is 50.4 Å². The van der Waals surface area contributed by atoms with E-state index < -0.39 is 17.5 Å². The van der Waals surface area contributed by atoms with Crippen molar-refractivity contribution < 1.29 is 28.7 Å². The number of hydrogen-bond acceptors (Lipinski definition) is 5. The summed E-state index contributed by atoms with van der Waals surface area (Å²) in [6.45, 7) is 15.0. The van der Waals surface area contributed by atoms with Crippen molar-refractivity contribution in [3.63, 3.8) is 0 Å². The summed E-state index contributed by atoms with van der Waals surface area (Å²) in [5.41, 5.74) is -1.60. The molecular formula is C32H53NO5. The largest absolute Gasteiger partial charge is 0.843 e. The second-order valence-corrected chi connectivity index (χ2v) is 11.3. The van der Waals surface area contributed by atoms with E-state index in [1.54, 1.807) is 6.08 Å².